The molecule has 0 unspecified atom stereocenters. The largest absolute Gasteiger partial charge is 0.462 e. The first-order valence-electron chi connectivity index (χ1n) is 15.6. The Kier molecular flexibility index (Phi) is 6.40. The van der Waals surface area contributed by atoms with Crippen molar-refractivity contribution in [3.63, 3.8) is 0 Å². The number of carbonyl (C=O) groups excluding carboxylic acids is 3. The summed E-state index contributed by atoms with van der Waals surface area (Å²) in [6.07, 6.45) is 9.66. The lowest BCUT2D eigenvalue weighted by molar-refractivity contribution is -0.193. The van der Waals surface area contributed by atoms with Crippen molar-refractivity contribution in [2.24, 2.45) is 45.3 Å². The molecule has 0 aromatic heterocycles. The minimum atomic E-state index is -0.594. The van der Waals surface area contributed by atoms with Crippen LogP contribution >= 0.6 is 0 Å². The summed E-state index contributed by atoms with van der Waals surface area (Å²) in [5.74, 6) is 0.133. The second kappa shape index (κ2) is 9.01. The summed E-state index contributed by atoms with van der Waals surface area (Å²) in [5.41, 5.74) is -0.103. The molecular formula is C34H48O7. The topological polar surface area (TPSA) is 91.4 Å². The number of carbonyl (C=O) groups is 3. The van der Waals surface area contributed by atoms with E-state index in [-0.39, 0.29) is 81.6 Å². The zero-order valence-electron chi connectivity index (χ0n) is 26.2. The Bertz CT molecular complexity index is 1230. The van der Waals surface area contributed by atoms with Crippen LogP contribution in [-0.2, 0) is 33.3 Å². The minimum absolute atomic E-state index is 0.00757. The average Bonchev–Trinajstić information content (AvgIpc) is 3.15. The molecule has 4 aliphatic carbocycles. The average molecular weight is 569 g/mol. The quantitative estimate of drug-likeness (QED) is 0.235. The highest BCUT2D eigenvalue weighted by atomic mass is 16.7. The van der Waals surface area contributed by atoms with E-state index < -0.39 is 11.7 Å². The van der Waals surface area contributed by atoms with Crippen LogP contribution in [0.2, 0.25) is 0 Å². The molecule has 2 saturated heterocycles. The molecule has 0 radical (unpaired) electrons. The molecule has 2 heterocycles. The van der Waals surface area contributed by atoms with E-state index in [9.17, 15) is 14.4 Å². The number of epoxide rings is 1. The molecule has 41 heavy (non-hydrogen) atoms. The summed E-state index contributed by atoms with van der Waals surface area (Å²) in [4.78, 5) is 37.8. The number of hydrogen-bond acceptors (Lipinski definition) is 7. The third-order valence-electron chi connectivity index (χ3n) is 12.7. The Morgan fingerprint density at radius 3 is 2.22 bits per heavy atom. The van der Waals surface area contributed by atoms with Crippen molar-refractivity contribution in [3.05, 3.63) is 23.8 Å². The third-order valence-corrected chi connectivity index (χ3v) is 12.7. The first kappa shape index (κ1) is 29.1. The zero-order valence-corrected chi connectivity index (χ0v) is 26.2. The summed E-state index contributed by atoms with van der Waals surface area (Å²) in [6, 6.07) is 0. The van der Waals surface area contributed by atoms with Gasteiger partial charge < -0.3 is 18.9 Å². The smallest absolute Gasteiger partial charge is 0.304 e. The Morgan fingerprint density at radius 2 is 1.61 bits per heavy atom. The van der Waals surface area contributed by atoms with Crippen LogP contribution in [0.25, 0.3) is 0 Å². The molecule has 2 aliphatic heterocycles. The summed E-state index contributed by atoms with van der Waals surface area (Å²) in [7, 11) is 0. The first-order valence-corrected chi connectivity index (χ1v) is 15.6. The first-order chi connectivity index (χ1) is 19.0. The van der Waals surface area contributed by atoms with Gasteiger partial charge in [-0.2, -0.15) is 0 Å². The molecule has 7 heteroatoms. The zero-order chi connectivity index (χ0) is 29.9. The molecule has 6 aliphatic rings. The summed E-state index contributed by atoms with van der Waals surface area (Å²) in [6.45, 7) is 18.2. The molecule has 0 bridgehead atoms. The lowest BCUT2D eigenvalue weighted by atomic mass is 9.38. The SMILES string of the molecule is CC(=O)O[C@H]1O[C@@H]([C@@H]2OC2(C)C)C[C@H]1[C@@H]1CC=C2[C@@]3(C)[C@H](CC[C@]21C)[C@@]1(C)C=CC(=O)C(C)(C)[C@@H]1C[C@H]3OC(C)=O. The monoisotopic (exact) mass is 568 g/mol. The number of fused-ring (bicyclic) bond motifs is 5. The van der Waals surface area contributed by atoms with E-state index in [2.05, 4.69) is 60.6 Å². The van der Waals surface area contributed by atoms with E-state index in [1.54, 1.807) is 0 Å². The fraction of sp³-hybridized carbons (Fsp3) is 0.794. The van der Waals surface area contributed by atoms with Crippen molar-refractivity contribution < 1.29 is 33.3 Å². The van der Waals surface area contributed by atoms with Gasteiger partial charge in [0.2, 0.25) is 6.29 Å². The molecule has 11 atom stereocenters. The normalized spacial score (nSPS) is 48.9. The van der Waals surface area contributed by atoms with E-state index in [0.29, 0.717) is 6.42 Å². The van der Waals surface area contributed by atoms with Crippen molar-refractivity contribution in [1.82, 2.24) is 0 Å². The van der Waals surface area contributed by atoms with Gasteiger partial charge in [0.25, 0.3) is 0 Å². The number of ketones is 1. The Balaban J connectivity index is 1.37. The minimum Gasteiger partial charge on any atom is -0.462 e. The summed E-state index contributed by atoms with van der Waals surface area (Å²) >= 11 is 0. The Hall–Kier alpha value is -1.99. The molecule has 7 nitrogen and oxygen atoms in total. The fourth-order valence-corrected chi connectivity index (χ4v) is 10.7. The van der Waals surface area contributed by atoms with Crippen LogP contribution < -0.4 is 0 Å². The van der Waals surface area contributed by atoms with Crippen LogP contribution in [-0.4, -0.2) is 47.9 Å². The van der Waals surface area contributed by atoms with Gasteiger partial charge in [-0.05, 0) is 80.6 Å². The van der Waals surface area contributed by atoms with Gasteiger partial charge in [0.15, 0.2) is 5.78 Å². The molecule has 2 saturated carbocycles. The Labute approximate surface area is 244 Å². The van der Waals surface area contributed by atoms with Crippen molar-refractivity contribution in [3.8, 4) is 0 Å². The number of esters is 2. The van der Waals surface area contributed by atoms with Crippen molar-refractivity contribution in [2.45, 2.75) is 125 Å². The molecule has 4 fully saturated rings. The number of allylic oxidation sites excluding steroid dienone is 3. The molecule has 0 aromatic carbocycles. The highest BCUT2D eigenvalue weighted by Crippen LogP contribution is 2.73. The van der Waals surface area contributed by atoms with Gasteiger partial charge in [-0.15, -0.1) is 0 Å². The van der Waals surface area contributed by atoms with E-state index in [0.717, 1.165) is 25.7 Å². The van der Waals surface area contributed by atoms with Gasteiger partial charge in [0.05, 0.1) is 11.7 Å². The highest BCUT2D eigenvalue weighted by Gasteiger charge is 2.69. The fourth-order valence-electron chi connectivity index (χ4n) is 10.7. The Morgan fingerprint density at radius 1 is 0.951 bits per heavy atom. The highest BCUT2D eigenvalue weighted by molar-refractivity contribution is 5.95. The predicted molar refractivity (Wildman–Crippen MR) is 152 cm³/mol. The van der Waals surface area contributed by atoms with E-state index in [4.69, 9.17) is 18.9 Å². The maximum absolute atomic E-state index is 13.1. The van der Waals surface area contributed by atoms with E-state index in [1.165, 1.54) is 19.4 Å². The molecular weight excluding hydrogens is 520 g/mol. The van der Waals surface area contributed by atoms with E-state index in [1.807, 2.05) is 6.08 Å². The summed E-state index contributed by atoms with van der Waals surface area (Å²) in [5, 5.41) is 0. The molecule has 0 amide bonds. The third kappa shape index (κ3) is 4.07. The van der Waals surface area contributed by atoms with Gasteiger partial charge >= 0.3 is 11.9 Å². The van der Waals surface area contributed by atoms with Crippen molar-refractivity contribution >= 4 is 17.7 Å². The van der Waals surface area contributed by atoms with E-state index >= 15 is 0 Å². The predicted octanol–water partition coefficient (Wildman–Crippen LogP) is 5.95. The number of hydrogen-bond donors (Lipinski definition) is 0. The van der Waals surface area contributed by atoms with Gasteiger partial charge in [0.1, 0.15) is 12.2 Å². The standard InChI is InChI=1S/C34H48O7/c1-18(35)38-27-17-25-30(3,4)26(37)13-15-33(25,8)24-12-14-32(7)21(10-11-23(32)34(24,27)9)20-16-22(28-31(5,6)41-28)40-29(20)39-19(2)36/h11,13,15,20-22,24-25,27-29H,10,12,14,16-17H2,1-9H3/t20-,21-,22+,24+,25-,27+,28-,29-,32-,33+,34-/m0/s1. The lowest BCUT2D eigenvalue weighted by Crippen LogP contribution is -2.64. The summed E-state index contributed by atoms with van der Waals surface area (Å²) < 4.78 is 24.4. The van der Waals surface area contributed by atoms with Crippen molar-refractivity contribution in [2.75, 3.05) is 0 Å². The lowest BCUT2D eigenvalue weighted by Gasteiger charge is -2.66. The molecule has 0 aromatic rings. The van der Waals surface area contributed by atoms with Crippen LogP contribution in [0.5, 0.6) is 0 Å². The van der Waals surface area contributed by atoms with Gasteiger partial charge in [-0.3, -0.25) is 14.4 Å². The maximum Gasteiger partial charge on any atom is 0.304 e. The molecule has 6 rings (SSSR count). The maximum atomic E-state index is 13.1. The molecule has 0 spiro atoms. The van der Waals surface area contributed by atoms with Crippen LogP contribution in [0.15, 0.2) is 23.8 Å². The second-order valence-corrected chi connectivity index (χ2v) is 15.6. The molecule has 226 valence electrons. The molecule has 0 N–H and O–H groups in total. The van der Waals surface area contributed by atoms with Crippen LogP contribution in [0, 0.1) is 45.3 Å². The van der Waals surface area contributed by atoms with Crippen LogP contribution in [0.3, 0.4) is 0 Å². The van der Waals surface area contributed by atoms with Gasteiger partial charge in [-0.25, -0.2) is 0 Å². The number of ether oxygens (including phenoxy) is 4. The van der Waals surface area contributed by atoms with Crippen LogP contribution in [0.4, 0.5) is 0 Å². The van der Waals surface area contributed by atoms with Crippen molar-refractivity contribution in [1.29, 1.82) is 0 Å². The van der Waals surface area contributed by atoms with Crippen LogP contribution in [0.1, 0.15) is 94.4 Å². The van der Waals surface area contributed by atoms with Gasteiger partial charge in [0, 0.05) is 30.6 Å². The number of rotatable bonds is 4. The van der Waals surface area contributed by atoms with Gasteiger partial charge in [-0.1, -0.05) is 52.3 Å². The second-order valence-electron chi connectivity index (χ2n) is 15.6.